The number of carbonyl (C=O) groups is 3. The minimum atomic E-state index is -0.994. The zero-order valence-corrected chi connectivity index (χ0v) is 14.9. The summed E-state index contributed by atoms with van der Waals surface area (Å²) in [7, 11) is 5.72. The Morgan fingerprint density at radius 2 is 1.62 bits per heavy atom. The zero-order chi connectivity index (χ0) is 18.6. The van der Waals surface area contributed by atoms with E-state index in [4.69, 9.17) is 14.9 Å². The summed E-state index contributed by atoms with van der Waals surface area (Å²) in [6, 6.07) is 0. The van der Waals surface area contributed by atoms with Gasteiger partial charge in [-0.15, -0.1) is 0 Å². The summed E-state index contributed by atoms with van der Waals surface area (Å²) in [6.07, 6.45) is 6.40. The summed E-state index contributed by atoms with van der Waals surface area (Å²) in [6.45, 7) is 0.426. The van der Waals surface area contributed by atoms with Crippen LogP contribution in [-0.4, -0.2) is 66.4 Å². The molecular weight excluding hydrogens is 314 g/mol. The van der Waals surface area contributed by atoms with Crippen LogP contribution in [0.3, 0.4) is 0 Å². The van der Waals surface area contributed by atoms with Crippen LogP contribution in [0.1, 0.15) is 44.9 Å². The number of unbranched alkanes of at least 4 members (excludes halogenated alkanes) is 4. The third kappa shape index (κ3) is 15.0. The summed E-state index contributed by atoms with van der Waals surface area (Å²) in [5.41, 5.74) is 0. The second-order valence-electron chi connectivity index (χ2n) is 6.88. The maximum atomic E-state index is 11.8. The minimum absolute atomic E-state index is 0.194. The number of likely N-dealkylation sites (N-methyl/N-ethyl adjacent to an activating group) is 1. The predicted molar refractivity (Wildman–Crippen MR) is 89.5 cm³/mol. The van der Waals surface area contributed by atoms with Gasteiger partial charge in [0.2, 0.25) is 0 Å². The van der Waals surface area contributed by atoms with E-state index in [9.17, 15) is 14.4 Å². The minimum Gasteiger partial charge on any atom is -0.481 e. The van der Waals surface area contributed by atoms with Gasteiger partial charge < -0.3 is 19.4 Å². The van der Waals surface area contributed by atoms with E-state index in [0.717, 1.165) is 19.3 Å². The third-order valence-corrected chi connectivity index (χ3v) is 3.20. The Morgan fingerprint density at radius 3 is 2.17 bits per heavy atom. The lowest BCUT2D eigenvalue weighted by molar-refractivity contribution is -0.873. The molecule has 0 aliphatic rings. The van der Waals surface area contributed by atoms with Gasteiger partial charge in [-0.25, -0.2) is 4.79 Å². The van der Waals surface area contributed by atoms with E-state index in [1.807, 2.05) is 21.1 Å². The van der Waals surface area contributed by atoms with Gasteiger partial charge in [-0.05, 0) is 19.3 Å². The molecule has 0 aliphatic heterocycles. The number of hydrogen-bond donors (Lipinski definition) is 2. The molecule has 0 fully saturated rings. The van der Waals surface area contributed by atoms with Crippen LogP contribution in [0.15, 0.2) is 12.2 Å². The summed E-state index contributed by atoms with van der Waals surface area (Å²) >= 11 is 0. The van der Waals surface area contributed by atoms with Crippen molar-refractivity contribution < 1.29 is 33.8 Å². The molecule has 7 heteroatoms. The van der Waals surface area contributed by atoms with Gasteiger partial charge in [0.05, 0.1) is 27.6 Å². The summed E-state index contributed by atoms with van der Waals surface area (Å²) in [4.78, 5) is 33.0. The van der Waals surface area contributed by atoms with E-state index in [-0.39, 0.29) is 12.8 Å². The lowest BCUT2D eigenvalue weighted by Gasteiger charge is -2.28. The Bertz CT molecular complexity index is 439. The van der Waals surface area contributed by atoms with Crippen LogP contribution in [-0.2, 0) is 19.1 Å². The average Bonchev–Trinajstić information content (AvgIpc) is 2.38. The molecule has 0 aromatic rings. The number of carboxylic acid groups (broad SMARTS) is 2. The highest BCUT2D eigenvalue weighted by molar-refractivity contribution is 5.82. The third-order valence-electron chi connectivity index (χ3n) is 3.20. The lowest BCUT2D eigenvalue weighted by atomic mass is 10.1. The van der Waals surface area contributed by atoms with Crippen molar-refractivity contribution in [3.05, 3.63) is 12.2 Å². The number of carbonyl (C=O) groups excluding carboxylic acids is 1. The first-order valence-corrected chi connectivity index (χ1v) is 8.21. The maximum Gasteiger partial charge on any atom is 0.330 e. The molecule has 0 saturated heterocycles. The van der Waals surface area contributed by atoms with E-state index in [1.165, 1.54) is 6.08 Å². The average molecular weight is 344 g/mol. The molecule has 0 aliphatic carbocycles. The molecule has 0 saturated carbocycles. The SMILES string of the molecule is C[N+](C)(C)CC(CC(=O)O)OC(=O)/C=C/CCCCCCC(=O)O. The molecule has 0 radical (unpaired) electrons. The summed E-state index contributed by atoms with van der Waals surface area (Å²) in [5.74, 6) is -2.30. The molecule has 0 spiro atoms. The van der Waals surface area contributed by atoms with Gasteiger partial charge in [0.15, 0.2) is 6.10 Å². The van der Waals surface area contributed by atoms with E-state index in [1.54, 1.807) is 6.08 Å². The number of nitrogens with zero attached hydrogens (tertiary/aromatic N) is 1. The highest BCUT2D eigenvalue weighted by Gasteiger charge is 2.23. The van der Waals surface area contributed by atoms with Crippen molar-refractivity contribution in [1.82, 2.24) is 0 Å². The van der Waals surface area contributed by atoms with Crippen LogP contribution in [0.25, 0.3) is 0 Å². The molecule has 0 bridgehead atoms. The van der Waals surface area contributed by atoms with Crippen molar-refractivity contribution in [2.75, 3.05) is 27.7 Å². The molecule has 0 amide bonds. The molecule has 2 N–H and O–H groups in total. The first-order valence-electron chi connectivity index (χ1n) is 8.21. The number of hydrogen-bond acceptors (Lipinski definition) is 4. The second kappa shape index (κ2) is 11.6. The number of quaternary nitrogens is 1. The van der Waals surface area contributed by atoms with Crippen molar-refractivity contribution in [3.8, 4) is 0 Å². The normalized spacial score (nSPS) is 13.0. The Kier molecular flexibility index (Phi) is 10.7. The fourth-order valence-electron chi connectivity index (χ4n) is 2.22. The van der Waals surface area contributed by atoms with Crippen LogP contribution in [0.5, 0.6) is 0 Å². The van der Waals surface area contributed by atoms with Gasteiger partial charge in [-0.2, -0.15) is 0 Å². The van der Waals surface area contributed by atoms with Gasteiger partial charge in [0, 0.05) is 12.5 Å². The Balaban J connectivity index is 4.05. The fraction of sp³-hybridized carbons (Fsp3) is 0.706. The van der Waals surface area contributed by atoms with Gasteiger partial charge in [-0.1, -0.05) is 18.9 Å². The molecule has 0 aromatic heterocycles. The predicted octanol–water partition coefficient (Wildman–Crippen LogP) is 2.06. The van der Waals surface area contributed by atoms with E-state index < -0.39 is 24.0 Å². The van der Waals surface area contributed by atoms with Gasteiger partial charge in [0.1, 0.15) is 6.54 Å². The monoisotopic (exact) mass is 344 g/mol. The molecule has 24 heavy (non-hydrogen) atoms. The van der Waals surface area contributed by atoms with Crippen molar-refractivity contribution in [3.63, 3.8) is 0 Å². The molecule has 0 aromatic carbocycles. The first kappa shape index (κ1) is 22.1. The molecule has 1 atom stereocenters. The molecule has 1 unspecified atom stereocenters. The van der Waals surface area contributed by atoms with Crippen molar-refractivity contribution in [2.24, 2.45) is 0 Å². The Labute approximate surface area is 143 Å². The molecule has 0 rings (SSSR count). The highest BCUT2D eigenvalue weighted by Crippen LogP contribution is 2.08. The number of esters is 1. The lowest BCUT2D eigenvalue weighted by Crippen LogP contribution is -2.43. The largest absolute Gasteiger partial charge is 0.481 e. The highest BCUT2D eigenvalue weighted by atomic mass is 16.5. The smallest absolute Gasteiger partial charge is 0.330 e. The number of rotatable bonds is 13. The van der Waals surface area contributed by atoms with Crippen molar-refractivity contribution in [2.45, 2.75) is 51.0 Å². The van der Waals surface area contributed by atoms with Crippen molar-refractivity contribution >= 4 is 17.9 Å². The summed E-state index contributed by atoms with van der Waals surface area (Å²) in [5, 5.41) is 17.4. The maximum absolute atomic E-state index is 11.8. The Morgan fingerprint density at radius 1 is 1.00 bits per heavy atom. The fourth-order valence-corrected chi connectivity index (χ4v) is 2.22. The van der Waals surface area contributed by atoms with E-state index >= 15 is 0 Å². The van der Waals surface area contributed by atoms with Crippen LogP contribution in [0.4, 0.5) is 0 Å². The van der Waals surface area contributed by atoms with Gasteiger partial charge >= 0.3 is 17.9 Å². The van der Waals surface area contributed by atoms with Crippen LogP contribution >= 0.6 is 0 Å². The van der Waals surface area contributed by atoms with Gasteiger partial charge in [-0.3, -0.25) is 9.59 Å². The van der Waals surface area contributed by atoms with Crippen LogP contribution in [0.2, 0.25) is 0 Å². The topological polar surface area (TPSA) is 101 Å². The second-order valence-corrected chi connectivity index (χ2v) is 6.88. The summed E-state index contributed by atoms with van der Waals surface area (Å²) < 4.78 is 5.73. The Hall–Kier alpha value is -1.89. The molecule has 7 nitrogen and oxygen atoms in total. The number of ether oxygens (including phenoxy) is 1. The van der Waals surface area contributed by atoms with E-state index in [0.29, 0.717) is 23.9 Å². The number of carboxylic acids is 2. The zero-order valence-electron chi connectivity index (χ0n) is 14.9. The van der Waals surface area contributed by atoms with Crippen LogP contribution in [0, 0.1) is 0 Å². The van der Waals surface area contributed by atoms with Gasteiger partial charge in [0.25, 0.3) is 0 Å². The number of aliphatic carboxylic acids is 2. The molecular formula is C17H30NO6+. The standard InChI is InChI=1S/C17H29NO6/c1-18(2,3)13-14(12-16(21)22)24-17(23)11-9-7-5-4-6-8-10-15(19)20/h9,11,14H,4-8,10,12-13H2,1-3H3,(H-,19,20,21,22)/p+1/b11-9+. The first-order chi connectivity index (χ1) is 11.1. The molecule has 138 valence electrons. The van der Waals surface area contributed by atoms with E-state index in [2.05, 4.69) is 0 Å². The molecule has 0 heterocycles. The van der Waals surface area contributed by atoms with Crippen molar-refractivity contribution in [1.29, 1.82) is 0 Å². The van der Waals surface area contributed by atoms with Crippen LogP contribution < -0.4 is 0 Å². The quantitative estimate of drug-likeness (QED) is 0.229. The number of allylic oxidation sites excluding steroid dienone is 1.